The zero-order valence-corrected chi connectivity index (χ0v) is 15.5. The van der Waals surface area contributed by atoms with Gasteiger partial charge >= 0.3 is 0 Å². The first kappa shape index (κ1) is 19.8. The summed E-state index contributed by atoms with van der Waals surface area (Å²) in [5.41, 5.74) is 0.926. The zero-order valence-electron chi connectivity index (χ0n) is 15.5. The fourth-order valence-electron chi connectivity index (χ4n) is 3.31. The van der Waals surface area contributed by atoms with Gasteiger partial charge in [-0.05, 0) is 43.3 Å². The molecular formula is C20H23FN4O3. The molecule has 0 unspecified atom stereocenters. The van der Waals surface area contributed by atoms with E-state index in [0.29, 0.717) is 6.54 Å². The van der Waals surface area contributed by atoms with Crippen molar-refractivity contribution in [2.45, 2.75) is 6.42 Å². The number of nitrogens with one attached hydrogen (secondary N) is 1. The van der Waals surface area contributed by atoms with Crippen molar-refractivity contribution in [3.63, 3.8) is 0 Å². The van der Waals surface area contributed by atoms with Gasteiger partial charge in [-0.3, -0.25) is 19.8 Å². The highest BCUT2D eigenvalue weighted by molar-refractivity contribution is 5.98. The van der Waals surface area contributed by atoms with Gasteiger partial charge in [0.15, 0.2) is 0 Å². The van der Waals surface area contributed by atoms with E-state index < -0.39 is 10.8 Å². The van der Waals surface area contributed by atoms with E-state index in [1.807, 2.05) is 0 Å². The van der Waals surface area contributed by atoms with E-state index in [4.69, 9.17) is 0 Å². The smallest absolute Gasteiger partial charge is 0.282 e. The lowest BCUT2D eigenvalue weighted by atomic mass is 10.1. The molecule has 2 aromatic rings. The van der Waals surface area contributed by atoms with Crippen LogP contribution in [0.5, 0.6) is 0 Å². The number of benzene rings is 2. The van der Waals surface area contributed by atoms with Crippen LogP contribution in [0.2, 0.25) is 0 Å². The van der Waals surface area contributed by atoms with Gasteiger partial charge < -0.3 is 10.2 Å². The Morgan fingerprint density at radius 2 is 1.75 bits per heavy atom. The Labute approximate surface area is 162 Å². The van der Waals surface area contributed by atoms with Gasteiger partial charge in [0.05, 0.1) is 4.92 Å². The Kier molecular flexibility index (Phi) is 6.54. The molecule has 0 radical (unpaired) electrons. The molecule has 1 aliphatic heterocycles. The Morgan fingerprint density at radius 3 is 2.43 bits per heavy atom. The quantitative estimate of drug-likeness (QED) is 0.450. The molecule has 7 nitrogen and oxygen atoms in total. The van der Waals surface area contributed by atoms with Crippen molar-refractivity contribution in [1.29, 1.82) is 0 Å². The Hall–Kier alpha value is -3.00. The number of nitrogens with zero attached hydrogens (tertiary/aromatic N) is 3. The minimum absolute atomic E-state index is 0.0837. The molecule has 2 aromatic carbocycles. The summed E-state index contributed by atoms with van der Waals surface area (Å²) in [5.74, 6) is -0.654. The highest BCUT2D eigenvalue weighted by Crippen LogP contribution is 2.18. The first-order valence-electron chi connectivity index (χ1n) is 9.29. The number of halogens is 1. The van der Waals surface area contributed by atoms with Gasteiger partial charge in [0.2, 0.25) is 0 Å². The molecular weight excluding hydrogens is 363 g/mol. The van der Waals surface area contributed by atoms with Crippen LogP contribution in [0.1, 0.15) is 16.8 Å². The maximum atomic E-state index is 13.0. The molecule has 28 heavy (non-hydrogen) atoms. The van der Waals surface area contributed by atoms with Crippen LogP contribution in [0.15, 0.2) is 48.5 Å². The SMILES string of the molecule is O=C(NCCCN1CCN(c2ccc(F)cc2)CC1)c1ccccc1[N+](=O)[O-]. The van der Waals surface area contributed by atoms with Crippen LogP contribution < -0.4 is 10.2 Å². The summed E-state index contributed by atoms with van der Waals surface area (Å²) in [6, 6.07) is 12.5. The van der Waals surface area contributed by atoms with Gasteiger partial charge in [-0.2, -0.15) is 0 Å². The maximum absolute atomic E-state index is 13.0. The molecule has 1 N–H and O–H groups in total. The van der Waals surface area contributed by atoms with Gasteiger partial charge in [-0.1, -0.05) is 12.1 Å². The van der Waals surface area contributed by atoms with Gasteiger partial charge in [0.25, 0.3) is 11.6 Å². The van der Waals surface area contributed by atoms with Gasteiger partial charge in [-0.25, -0.2) is 4.39 Å². The van der Waals surface area contributed by atoms with E-state index in [0.717, 1.165) is 44.8 Å². The third kappa shape index (κ3) is 5.04. The molecule has 1 heterocycles. The Morgan fingerprint density at radius 1 is 1.07 bits per heavy atom. The number of anilines is 1. The normalized spacial score (nSPS) is 14.7. The van der Waals surface area contributed by atoms with E-state index >= 15 is 0 Å². The van der Waals surface area contributed by atoms with Crippen molar-refractivity contribution in [3.8, 4) is 0 Å². The largest absolute Gasteiger partial charge is 0.369 e. The number of para-hydroxylation sites is 1. The summed E-state index contributed by atoms with van der Waals surface area (Å²) in [7, 11) is 0. The molecule has 0 saturated carbocycles. The standard InChI is InChI=1S/C20H23FN4O3/c21-16-6-8-17(9-7-16)24-14-12-23(13-15-24)11-3-10-22-20(26)18-4-1-2-5-19(18)25(27)28/h1-2,4-9H,3,10-15H2,(H,22,26). The van der Waals surface area contributed by atoms with Crippen molar-refractivity contribution >= 4 is 17.3 Å². The molecule has 1 amide bonds. The first-order chi connectivity index (χ1) is 13.5. The predicted octanol–water partition coefficient (Wildman–Crippen LogP) is 2.68. The van der Waals surface area contributed by atoms with Crippen LogP contribution in [-0.4, -0.2) is 55.0 Å². The first-order valence-corrected chi connectivity index (χ1v) is 9.29. The van der Waals surface area contributed by atoms with Crippen LogP contribution in [0, 0.1) is 15.9 Å². The zero-order chi connectivity index (χ0) is 19.9. The fourth-order valence-corrected chi connectivity index (χ4v) is 3.31. The van der Waals surface area contributed by atoms with Crippen molar-refractivity contribution in [1.82, 2.24) is 10.2 Å². The van der Waals surface area contributed by atoms with Crippen LogP contribution in [0.25, 0.3) is 0 Å². The molecule has 1 aliphatic rings. The number of rotatable bonds is 7. The average Bonchev–Trinajstić information content (AvgIpc) is 2.72. The van der Waals surface area contributed by atoms with Gasteiger partial charge in [0, 0.05) is 44.5 Å². The average molecular weight is 386 g/mol. The molecule has 8 heteroatoms. The lowest BCUT2D eigenvalue weighted by Gasteiger charge is -2.36. The third-order valence-electron chi connectivity index (χ3n) is 4.85. The molecule has 0 aliphatic carbocycles. The number of hydrogen-bond acceptors (Lipinski definition) is 5. The summed E-state index contributed by atoms with van der Waals surface area (Å²) in [4.78, 5) is 27.2. The number of amides is 1. The van der Waals surface area contributed by atoms with Crippen molar-refractivity contribution < 1.29 is 14.1 Å². The number of nitro groups is 1. The monoisotopic (exact) mass is 386 g/mol. The third-order valence-corrected chi connectivity index (χ3v) is 4.85. The number of carbonyl (C=O) groups excluding carboxylic acids is 1. The fraction of sp³-hybridized carbons (Fsp3) is 0.350. The van der Waals surface area contributed by atoms with Crippen LogP contribution in [-0.2, 0) is 0 Å². The second-order valence-electron chi connectivity index (χ2n) is 6.69. The van der Waals surface area contributed by atoms with E-state index in [-0.39, 0.29) is 17.1 Å². The predicted molar refractivity (Wildman–Crippen MR) is 105 cm³/mol. The number of nitro benzene ring substituents is 1. The van der Waals surface area contributed by atoms with Crippen molar-refractivity contribution in [2.75, 3.05) is 44.2 Å². The van der Waals surface area contributed by atoms with Crippen LogP contribution in [0.3, 0.4) is 0 Å². The Balaban J connectivity index is 1.39. The topological polar surface area (TPSA) is 78.7 Å². The summed E-state index contributed by atoms with van der Waals surface area (Å²) in [6.07, 6.45) is 0.767. The minimum atomic E-state index is -0.546. The summed E-state index contributed by atoms with van der Waals surface area (Å²) >= 11 is 0. The van der Waals surface area contributed by atoms with E-state index in [2.05, 4.69) is 15.1 Å². The summed E-state index contributed by atoms with van der Waals surface area (Å²) in [6.45, 7) is 4.84. The highest BCUT2D eigenvalue weighted by Gasteiger charge is 2.19. The lowest BCUT2D eigenvalue weighted by Crippen LogP contribution is -2.47. The maximum Gasteiger partial charge on any atom is 0.282 e. The molecule has 1 fully saturated rings. The molecule has 1 saturated heterocycles. The second kappa shape index (κ2) is 9.27. The van der Waals surface area contributed by atoms with Crippen LogP contribution >= 0.6 is 0 Å². The van der Waals surface area contributed by atoms with Crippen molar-refractivity contribution in [2.24, 2.45) is 0 Å². The number of piperazine rings is 1. The highest BCUT2D eigenvalue weighted by atomic mass is 19.1. The Bertz CT molecular complexity index is 820. The van der Waals surface area contributed by atoms with Crippen molar-refractivity contribution in [3.05, 3.63) is 70.0 Å². The second-order valence-corrected chi connectivity index (χ2v) is 6.69. The lowest BCUT2D eigenvalue weighted by molar-refractivity contribution is -0.385. The number of carbonyl (C=O) groups is 1. The van der Waals surface area contributed by atoms with E-state index in [1.165, 1.54) is 24.3 Å². The molecule has 0 spiro atoms. The van der Waals surface area contributed by atoms with E-state index in [9.17, 15) is 19.3 Å². The molecule has 0 bridgehead atoms. The number of hydrogen-bond donors (Lipinski definition) is 1. The van der Waals surface area contributed by atoms with E-state index in [1.54, 1.807) is 24.3 Å². The summed E-state index contributed by atoms with van der Waals surface area (Å²) < 4.78 is 13.0. The molecule has 0 atom stereocenters. The minimum Gasteiger partial charge on any atom is -0.369 e. The van der Waals surface area contributed by atoms with Gasteiger partial charge in [0.1, 0.15) is 11.4 Å². The summed E-state index contributed by atoms with van der Waals surface area (Å²) in [5, 5.41) is 13.8. The molecule has 0 aromatic heterocycles. The molecule has 148 valence electrons. The van der Waals surface area contributed by atoms with Crippen LogP contribution in [0.4, 0.5) is 15.8 Å². The van der Waals surface area contributed by atoms with Gasteiger partial charge in [-0.15, -0.1) is 0 Å². The molecule has 3 rings (SSSR count).